The molecule has 1 aromatic rings. The van der Waals surface area contributed by atoms with Crippen LogP contribution in [0.2, 0.25) is 0 Å². The molecule has 0 aromatic heterocycles. The van der Waals surface area contributed by atoms with Crippen molar-refractivity contribution in [3.63, 3.8) is 0 Å². The maximum Gasteiger partial charge on any atom is 0.167 e. The van der Waals surface area contributed by atoms with Crippen molar-refractivity contribution >= 4 is 0 Å². The Morgan fingerprint density at radius 1 is 1.27 bits per heavy atom. The molecule has 1 nitrogen and oxygen atoms in total. The molecule has 15 heavy (non-hydrogen) atoms. The first-order chi connectivity index (χ1) is 7.09. The Balaban J connectivity index is 2.37. The fraction of sp³-hybridized carbons (Fsp3) is 0.500. The van der Waals surface area contributed by atoms with E-state index >= 15 is 0 Å². The van der Waals surface area contributed by atoms with Crippen molar-refractivity contribution in [2.45, 2.75) is 26.7 Å². The fourth-order valence-corrected chi connectivity index (χ4v) is 1.27. The lowest BCUT2D eigenvalue weighted by Crippen LogP contribution is -2.01. The van der Waals surface area contributed by atoms with Crippen LogP contribution in [-0.2, 0) is 0 Å². The number of hydrogen-bond donors (Lipinski definition) is 0. The maximum atomic E-state index is 13.1. The predicted molar refractivity (Wildman–Crippen MR) is 55.9 cm³/mol. The Hall–Kier alpha value is -1.12. The first kappa shape index (κ1) is 12.0. The summed E-state index contributed by atoms with van der Waals surface area (Å²) in [5.41, 5.74) is 0. The Labute approximate surface area is 89.1 Å². The third-order valence-corrected chi connectivity index (χ3v) is 2.08. The van der Waals surface area contributed by atoms with Crippen molar-refractivity contribution in [2.75, 3.05) is 6.61 Å². The molecule has 0 atom stereocenters. The molecule has 0 amide bonds. The minimum atomic E-state index is -0.639. The van der Waals surface area contributed by atoms with Crippen molar-refractivity contribution in [3.8, 4) is 5.75 Å². The largest absolute Gasteiger partial charge is 0.491 e. The highest BCUT2D eigenvalue weighted by molar-refractivity contribution is 5.24. The van der Waals surface area contributed by atoms with Gasteiger partial charge in [0.15, 0.2) is 11.6 Å². The van der Waals surface area contributed by atoms with Gasteiger partial charge < -0.3 is 4.74 Å². The van der Waals surface area contributed by atoms with Crippen LogP contribution in [0.5, 0.6) is 5.75 Å². The lowest BCUT2D eigenvalue weighted by Gasteiger charge is -2.08. The van der Waals surface area contributed by atoms with Crippen molar-refractivity contribution in [3.05, 3.63) is 29.8 Å². The van der Waals surface area contributed by atoms with E-state index in [1.165, 1.54) is 12.1 Å². The van der Waals surface area contributed by atoms with Gasteiger partial charge in [-0.1, -0.05) is 13.8 Å². The summed E-state index contributed by atoms with van der Waals surface area (Å²) < 4.78 is 30.8. The van der Waals surface area contributed by atoms with Gasteiger partial charge in [-0.2, -0.15) is 0 Å². The molecule has 3 heteroatoms. The van der Waals surface area contributed by atoms with Crippen LogP contribution < -0.4 is 4.74 Å². The van der Waals surface area contributed by atoms with E-state index < -0.39 is 11.6 Å². The maximum absolute atomic E-state index is 13.1. The summed E-state index contributed by atoms with van der Waals surface area (Å²) in [6.45, 7) is 4.72. The summed E-state index contributed by atoms with van der Waals surface area (Å²) in [5.74, 6) is -0.478. The molecule has 84 valence electrons. The quantitative estimate of drug-likeness (QED) is 0.678. The van der Waals surface area contributed by atoms with Crippen LogP contribution >= 0.6 is 0 Å². The molecule has 0 radical (unpaired) electrons. The van der Waals surface area contributed by atoms with Gasteiger partial charge in [0.1, 0.15) is 5.82 Å². The standard InChI is InChI=1S/C12H16F2O/c1-9(2)4-3-7-15-12-6-5-10(13)8-11(12)14/h5-6,8-9H,3-4,7H2,1-2H3. The Kier molecular flexibility index (Phi) is 4.53. The molecule has 0 saturated heterocycles. The monoisotopic (exact) mass is 214 g/mol. The van der Waals surface area contributed by atoms with E-state index in [1.54, 1.807) is 0 Å². The SMILES string of the molecule is CC(C)CCCOc1ccc(F)cc1F. The van der Waals surface area contributed by atoms with Gasteiger partial charge in [-0.05, 0) is 30.9 Å². The van der Waals surface area contributed by atoms with Crippen LogP contribution in [0.3, 0.4) is 0 Å². The van der Waals surface area contributed by atoms with E-state index in [0.717, 1.165) is 18.9 Å². The van der Waals surface area contributed by atoms with Gasteiger partial charge in [0.25, 0.3) is 0 Å². The molecule has 0 N–H and O–H groups in total. The van der Waals surface area contributed by atoms with Crippen LogP contribution in [0.4, 0.5) is 8.78 Å². The highest BCUT2D eigenvalue weighted by atomic mass is 19.1. The summed E-state index contributed by atoms with van der Waals surface area (Å²) >= 11 is 0. The Morgan fingerprint density at radius 3 is 2.60 bits per heavy atom. The van der Waals surface area contributed by atoms with Crippen LogP contribution in [0, 0.1) is 17.6 Å². The van der Waals surface area contributed by atoms with Gasteiger partial charge in [-0.3, -0.25) is 0 Å². The summed E-state index contributed by atoms with van der Waals surface area (Å²) in [7, 11) is 0. The molecule has 0 bridgehead atoms. The van der Waals surface area contributed by atoms with Gasteiger partial charge in [-0.25, -0.2) is 8.78 Å². The minimum Gasteiger partial charge on any atom is -0.491 e. The summed E-state index contributed by atoms with van der Waals surface area (Å²) in [6.07, 6.45) is 1.93. The molecule has 1 aromatic carbocycles. The Bertz CT molecular complexity index is 310. The average molecular weight is 214 g/mol. The molecule has 0 fully saturated rings. The second kappa shape index (κ2) is 5.69. The zero-order chi connectivity index (χ0) is 11.3. The molecule has 0 aliphatic rings. The molecule has 0 aliphatic heterocycles. The molecule has 0 saturated carbocycles. The summed E-state index contributed by atoms with van der Waals surface area (Å²) in [4.78, 5) is 0. The molecule has 0 unspecified atom stereocenters. The van der Waals surface area contributed by atoms with E-state index in [2.05, 4.69) is 13.8 Å². The lowest BCUT2D eigenvalue weighted by molar-refractivity contribution is 0.283. The molecular weight excluding hydrogens is 198 g/mol. The number of ether oxygens (including phenoxy) is 1. The highest BCUT2D eigenvalue weighted by Gasteiger charge is 2.04. The van der Waals surface area contributed by atoms with E-state index in [-0.39, 0.29) is 5.75 Å². The molecule has 1 rings (SSSR count). The molecule has 0 heterocycles. The van der Waals surface area contributed by atoms with Gasteiger partial charge in [0.05, 0.1) is 6.61 Å². The summed E-state index contributed by atoms with van der Waals surface area (Å²) in [5, 5.41) is 0. The average Bonchev–Trinajstić information content (AvgIpc) is 2.14. The van der Waals surface area contributed by atoms with Crippen molar-refractivity contribution < 1.29 is 13.5 Å². The second-order valence-corrected chi connectivity index (χ2v) is 3.96. The molecule has 0 aliphatic carbocycles. The van der Waals surface area contributed by atoms with Gasteiger partial charge in [0, 0.05) is 6.07 Å². The second-order valence-electron chi connectivity index (χ2n) is 3.96. The third kappa shape index (κ3) is 4.28. The zero-order valence-electron chi connectivity index (χ0n) is 9.09. The summed E-state index contributed by atoms with van der Waals surface area (Å²) in [6, 6.07) is 3.35. The topological polar surface area (TPSA) is 9.23 Å². The van der Waals surface area contributed by atoms with Crippen molar-refractivity contribution in [1.29, 1.82) is 0 Å². The van der Waals surface area contributed by atoms with E-state index in [1.807, 2.05) is 0 Å². The van der Waals surface area contributed by atoms with Crippen molar-refractivity contribution in [2.24, 2.45) is 5.92 Å². The number of benzene rings is 1. The smallest absolute Gasteiger partial charge is 0.167 e. The van der Waals surface area contributed by atoms with Gasteiger partial charge in [-0.15, -0.1) is 0 Å². The predicted octanol–water partition coefficient (Wildman–Crippen LogP) is 3.78. The number of hydrogen-bond acceptors (Lipinski definition) is 1. The van der Waals surface area contributed by atoms with Crippen molar-refractivity contribution in [1.82, 2.24) is 0 Å². The lowest BCUT2D eigenvalue weighted by atomic mass is 10.1. The number of halogens is 2. The van der Waals surface area contributed by atoms with Gasteiger partial charge >= 0.3 is 0 Å². The molecule has 0 spiro atoms. The highest BCUT2D eigenvalue weighted by Crippen LogP contribution is 2.18. The van der Waals surface area contributed by atoms with Crippen LogP contribution in [0.25, 0.3) is 0 Å². The van der Waals surface area contributed by atoms with E-state index in [4.69, 9.17) is 4.74 Å². The minimum absolute atomic E-state index is 0.125. The van der Waals surface area contributed by atoms with Gasteiger partial charge in [0.2, 0.25) is 0 Å². The van der Waals surface area contributed by atoms with Crippen LogP contribution in [-0.4, -0.2) is 6.61 Å². The van der Waals surface area contributed by atoms with Crippen LogP contribution in [0.15, 0.2) is 18.2 Å². The van der Waals surface area contributed by atoms with E-state index in [0.29, 0.717) is 12.5 Å². The van der Waals surface area contributed by atoms with E-state index in [9.17, 15) is 8.78 Å². The fourth-order valence-electron chi connectivity index (χ4n) is 1.27. The third-order valence-electron chi connectivity index (χ3n) is 2.08. The zero-order valence-corrected chi connectivity index (χ0v) is 9.09. The number of rotatable bonds is 5. The van der Waals surface area contributed by atoms with Crippen LogP contribution in [0.1, 0.15) is 26.7 Å². The first-order valence-electron chi connectivity index (χ1n) is 5.17. The normalized spacial score (nSPS) is 10.7. The Morgan fingerprint density at radius 2 is 2.00 bits per heavy atom. The first-order valence-corrected chi connectivity index (χ1v) is 5.17. The molecular formula is C12H16F2O.